The van der Waals surface area contributed by atoms with Crippen LogP contribution in [0.15, 0.2) is 18.5 Å². The molecule has 1 aromatic heterocycles. The quantitative estimate of drug-likeness (QED) is 0.805. The zero-order valence-electron chi connectivity index (χ0n) is 9.30. The minimum Gasteiger partial charge on any atom is -0.465 e. The Kier molecular flexibility index (Phi) is 3.78. The molecular formula is C10H8Cl2N4O2. The maximum absolute atomic E-state index is 11.5. The highest BCUT2D eigenvalue weighted by Gasteiger charge is 2.17. The fourth-order valence-corrected chi connectivity index (χ4v) is 1.98. The Hall–Kier alpha value is -1.66. The molecular weight excluding hydrogens is 279 g/mol. The second kappa shape index (κ2) is 5.32. The van der Waals surface area contributed by atoms with E-state index in [1.54, 1.807) is 6.07 Å². The lowest BCUT2D eigenvalue weighted by Crippen LogP contribution is -2.09. The van der Waals surface area contributed by atoms with Crippen molar-refractivity contribution in [2.45, 2.75) is 6.54 Å². The lowest BCUT2D eigenvalue weighted by Gasteiger charge is -2.09. The molecule has 0 bridgehead atoms. The monoisotopic (exact) mass is 286 g/mol. The summed E-state index contributed by atoms with van der Waals surface area (Å²) in [5.41, 5.74) is 0.790. The molecule has 1 aromatic carbocycles. The van der Waals surface area contributed by atoms with Crippen molar-refractivity contribution in [3.05, 3.63) is 39.6 Å². The zero-order valence-corrected chi connectivity index (χ0v) is 10.8. The number of hydrogen-bond donors (Lipinski definition) is 0. The summed E-state index contributed by atoms with van der Waals surface area (Å²) in [4.78, 5) is 12.8. The van der Waals surface area contributed by atoms with Gasteiger partial charge in [-0.3, -0.25) is 0 Å². The predicted octanol–water partition coefficient (Wildman–Crippen LogP) is 1.81. The Labute approximate surface area is 112 Å². The number of halogens is 2. The van der Waals surface area contributed by atoms with E-state index >= 15 is 0 Å². The minimum atomic E-state index is -0.524. The summed E-state index contributed by atoms with van der Waals surface area (Å²) in [5, 5.41) is 11.8. The van der Waals surface area contributed by atoms with Crippen molar-refractivity contribution in [3.63, 3.8) is 0 Å². The summed E-state index contributed by atoms with van der Waals surface area (Å²) < 4.78 is 4.63. The van der Waals surface area contributed by atoms with Crippen molar-refractivity contribution in [1.82, 2.24) is 20.2 Å². The summed E-state index contributed by atoms with van der Waals surface area (Å²) in [5.74, 6) is -0.524. The van der Waals surface area contributed by atoms with E-state index < -0.39 is 5.97 Å². The van der Waals surface area contributed by atoms with Crippen molar-refractivity contribution in [2.75, 3.05) is 7.11 Å². The van der Waals surface area contributed by atoms with Crippen LogP contribution in [-0.2, 0) is 11.3 Å². The molecule has 0 aliphatic heterocycles. The number of hydrogen-bond acceptors (Lipinski definition) is 5. The number of ether oxygens (including phenoxy) is 1. The van der Waals surface area contributed by atoms with Crippen LogP contribution < -0.4 is 0 Å². The number of carbonyl (C=O) groups is 1. The second-order valence-electron chi connectivity index (χ2n) is 3.35. The summed E-state index contributed by atoms with van der Waals surface area (Å²) in [7, 11) is 1.28. The van der Waals surface area contributed by atoms with E-state index in [0.29, 0.717) is 10.6 Å². The van der Waals surface area contributed by atoms with Crippen molar-refractivity contribution in [2.24, 2.45) is 0 Å². The first-order valence-corrected chi connectivity index (χ1v) is 5.65. The smallest absolute Gasteiger partial charge is 0.339 e. The third kappa shape index (κ3) is 2.44. The first kappa shape index (κ1) is 12.8. The molecule has 0 N–H and O–H groups in total. The third-order valence-electron chi connectivity index (χ3n) is 2.28. The fraction of sp³-hybridized carbons (Fsp3) is 0.200. The molecule has 0 amide bonds. The number of aromatic nitrogens is 4. The number of nitrogens with zero attached hydrogens (tertiary/aromatic N) is 4. The highest BCUT2D eigenvalue weighted by molar-refractivity contribution is 6.37. The van der Waals surface area contributed by atoms with Crippen LogP contribution in [0.2, 0.25) is 10.0 Å². The van der Waals surface area contributed by atoms with Crippen molar-refractivity contribution in [1.29, 1.82) is 0 Å². The molecule has 0 saturated heterocycles. The van der Waals surface area contributed by atoms with Crippen LogP contribution in [0.1, 0.15) is 15.9 Å². The summed E-state index contributed by atoms with van der Waals surface area (Å²) in [6.45, 7) is 0.225. The second-order valence-corrected chi connectivity index (χ2v) is 4.13. The van der Waals surface area contributed by atoms with E-state index in [1.165, 1.54) is 24.3 Å². The van der Waals surface area contributed by atoms with Crippen molar-refractivity contribution in [3.8, 4) is 0 Å². The Bertz CT molecular complexity index is 572. The maximum atomic E-state index is 11.5. The molecule has 2 aromatic rings. The van der Waals surface area contributed by atoms with Crippen LogP contribution in [-0.4, -0.2) is 33.3 Å². The number of methoxy groups -OCH3 is 1. The molecule has 8 heteroatoms. The van der Waals surface area contributed by atoms with Gasteiger partial charge in [-0.1, -0.05) is 23.2 Å². The van der Waals surface area contributed by atoms with Gasteiger partial charge in [-0.15, -0.1) is 10.2 Å². The topological polar surface area (TPSA) is 69.9 Å². The predicted molar refractivity (Wildman–Crippen MR) is 64.7 cm³/mol. The van der Waals surface area contributed by atoms with E-state index in [9.17, 15) is 4.79 Å². The summed E-state index contributed by atoms with van der Waals surface area (Å²) >= 11 is 12.2. The van der Waals surface area contributed by atoms with Crippen LogP contribution in [0, 0.1) is 0 Å². The van der Waals surface area contributed by atoms with Gasteiger partial charge in [-0.05, 0) is 17.3 Å². The number of benzene rings is 1. The van der Waals surface area contributed by atoms with E-state index in [1.807, 2.05) is 0 Å². The Morgan fingerprint density at radius 3 is 2.83 bits per heavy atom. The fourth-order valence-electron chi connectivity index (χ4n) is 1.41. The Morgan fingerprint density at radius 2 is 2.22 bits per heavy atom. The van der Waals surface area contributed by atoms with E-state index in [2.05, 4.69) is 20.1 Å². The van der Waals surface area contributed by atoms with Crippen LogP contribution in [0.25, 0.3) is 0 Å². The van der Waals surface area contributed by atoms with E-state index in [0.717, 1.165) is 0 Å². The van der Waals surface area contributed by atoms with Crippen molar-refractivity contribution < 1.29 is 9.53 Å². The molecule has 0 saturated carbocycles. The van der Waals surface area contributed by atoms with Crippen LogP contribution in [0.5, 0.6) is 0 Å². The highest BCUT2D eigenvalue weighted by Crippen LogP contribution is 2.29. The molecule has 0 spiro atoms. The SMILES string of the molecule is COC(=O)c1ccc(Cl)c(Cn2ncnn2)c1Cl. The number of carbonyl (C=O) groups excluding carboxylic acids is 1. The van der Waals surface area contributed by atoms with Gasteiger partial charge in [-0.2, -0.15) is 4.80 Å². The molecule has 2 rings (SSSR count). The molecule has 0 radical (unpaired) electrons. The molecule has 6 nitrogen and oxygen atoms in total. The van der Waals surface area contributed by atoms with Gasteiger partial charge >= 0.3 is 5.97 Å². The molecule has 0 fully saturated rings. The van der Waals surface area contributed by atoms with E-state index in [-0.39, 0.29) is 17.1 Å². The largest absolute Gasteiger partial charge is 0.465 e. The number of tetrazole rings is 1. The maximum Gasteiger partial charge on any atom is 0.339 e. The van der Waals surface area contributed by atoms with Gasteiger partial charge in [-0.25, -0.2) is 4.79 Å². The average Bonchev–Trinajstić information content (AvgIpc) is 2.86. The average molecular weight is 287 g/mol. The highest BCUT2D eigenvalue weighted by atomic mass is 35.5. The molecule has 18 heavy (non-hydrogen) atoms. The lowest BCUT2D eigenvalue weighted by atomic mass is 10.1. The van der Waals surface area contributed by atoms with Gasteiger partial charge in [0.2, 0.25) is 0 Å². The lowest BCUT2D eigenvalue weighted by molar-refractivity contribution is 0.0601. The summed E-state index contributed by atoms with van der Waals surface area (Å²) in [6, 6.07) is 3.08. The molecule has 0 unspecified atom stereocenters. The van der Waals surface area contributed by atoms with E-state index in [4.69, 9.17) is 23.2 Å². The molecule has 1 heterocycles. The standard InChI is InChI=1S/C10H8Cl2N4O2/c1-18-10(17)6-2-3-8(11)7(9(6)12)4-16-14-5-13-15-16/h2-3,5H,4H2,1H3. The molecule has 94 valence electrons. The normalized spacial score (nSPS) is 10.4. The van der Waals surface area contributed by atoms with Crippen LogP contribution in [0.3, 0.4) is 0 Å². The first-order valence-electron chi connectivity index (χ1n) is 4.89. The summed E-state index contributed by atoms with van der Waals surface area (Å²) in [6.07, 6.45) is 1.30. The molecule has 0 atom stereocenters. The number of rotatable bonds is 3. The Balaban J connectivity index is 2.42. The Morgan fingerprint density at radius 1 is 1.44 bits per heavy atom. The van der Waals surface area contributed by atoms with Gasteiger partial charge in [0.1, 0.15) is 0 Å². The number of esters is 1. The molecule has 0 aliphatic carbocycles. The third-order valence-corrected chi connectivity index (χ3v) is 3.07. The molecule has 0 aliphatic rings. The van der Waals surface area contributed by atoms with Crippen molar-refractivity contribution >= 4 is 29.2 Å². The minimum absolute atomic E-state index is 0.225. The van der Waals surface area contributed by atoms with Gasteiger partial charge in [0, 0.05) is 10.6 Å². The van der Waals surface area contributed by atoms with Gasteiger partial charge in [0.15, 0.2) is 6.33 Å². The van der Waals surface area contributed by atoms with Gasteiger partial charge < -0.3 is 4.74 Å². The van der Waals surface area contributed by atoms with Crippen LogP contribution >= 0.6 is 23.2 Å². The first-order chi connectivity index (χ1) is 8.63. The van der Waals surface area contributed by atoms with Gasteiger partial charge in [0.25, 0.3) is 0 Å². The van der Waals surface area contributed by atoms with Gasteiger partial charge in [0.05, 0.1) is 24.2 Å². The zero-order chi connectivity index (χ0) is 13.1. The van der Waals surface area contributed by atoms with Crippen LogP contribution in [0.4, 0.5) is 0 Å².